The van der Waals surface area contributed by atoms with Gasteiger partial charge in [0.1, 0.15) is 0 Å². The van der Waals surface area contributed by atoms with Gasteiger partial charge in [-0.15, -0.1) is 0 Å². The van der Waals surface area contributed by atoms with Gasteiger partial charge in [-0.1, -0.05) is 135 Å². The molecule has 1 nitrogen and oxygen atoms in total. The molecule has 0 unspecified atom stereocenters. The molecular weight excluding hydrogens is 470 g/mol. The predicted molar refractivity (Wildman–Crippen MR) is 164 cm³/mol. The highest BCUT2D eigenvalue weighted by Gasteiger charge is 2.35. The molecule has 0 atom stereocenters. The molecule has 1 heteroatoms. The minimum atomic E-state index is 0.00353. The van der Waals surface area contributed by atoms with Crippen LogP contribution in [0.2, 0.25) is 0 Å². The van der Waals surface area contributed by atoms with E-state index in [9.17, 15) is 0 Å². The highest BCUT2D eigenvalue weighted by Crippen LogP contribution is 2.49. The lowest BCUT2D eigenvalue weighted by Gasteiger charge is -2.21. The number of benzene rings is 5. The van der Waals surface area contributed by atoms with Crippen molar-refractivity contribution in [3.05, 3.63) is 151 Å². The minimum Gasteiger partial charge on any atom is -0.248 e. The summed E-state index contributed by atoms with van der Waals surface area (Å²) in [7, 11) is 0. The molecule has 0 saturated carbocycles. The maximum atomic E-state index is 5.13. The third kappa shape index (κ3) is 4.08. The lowest BCUT2D eigenvalue weighted by atomic mass is 9.82. The summed E-state index contributed by atoms with van der Waals surface area (Å²) in [6.45, 7) is 4.66. The molecule has 0 bridgehead atoms. The van der Waals surface area contributed by atoms with Crippen molar-refractivity contribution in [2.24, 2.45) is 0 Å². The van der Waals surface area contributed by atoms with Gasteiger partial charge in [-0.2, -0.15) is 0 Å². The first-order valence-electron chi connectivity index (χ1n) is 13.6. The van der Waals surface area contributed by atoms with Crippen molar-refractivity contribution in [2.45, 2.75) is 19.3 Å². The maximum absolute atomic E-state index is 5.13. The van der Waals surface area contributed by atoms with E-state index in [1.807, 2.05) is 0 Å². The first-order chi connectivity index (χ1) is 19.1. The van der Waals surface area contributed by atoms with E-state index in [1.165, 1.54) is 44.5 Å². The van der Waals surface area contributed by atoms with Crippen LogP contribution >= 0.6 is 0 Å². The van der Waals surface area contributed by atoms with Crippen LogP contribution in [-0.4, -0.2) is 4.98 Å². The van der Waals surface area contributed by atoms with Crippen LogP contribution in [0.15, 0.2) is 140 Å². The predicted octanol–water partition coefficient (Wildman–Crippen LogP) is 10.1. The highest BCUT2D eigenvalue weighted by atomic mass is 14.7. The van der Waals surface area contributed by atoms with Crippen LogP contribution in [0, 0.1) is 0 Å². The van der Waals surface area contributed by atoms with Crippen molar-refractivity contribution in [1.29, 1.82) is 0 Å². The van der Waals surface area contributed by atoms with Crippen LogP contribution in [0.25, 0.3) is 55.9 Å². The molecule has 7 rings (SSSR count). The molecule has 1 aliphatic rings. The Labute approximate surface area is 230 Å². The summed E-state index contributed by atoms with van der Waals surface area (Å²) in [6.07, 6.45) is 0. The van der Waals surface area contributed by atoms with E-state index in [4.69, 9.17) is 4.98 Å². The molecule has 0 saturated heterocycles. The number of pyridine rings is 1. The van der Waals surface area contributed by atoms with E-state index in [2.05, 4.69) is 153 Å². The summed E-state index contributed by atoms with van der Waals surface area (Å²) >= 11 is 0. The number of aromatic nitrogens is 1. The van der Waals surface area contributed by atoms with Crippen molar-refractivity contribution < 1.29 is 0 Å². The fourth-order valence-corrected chi connectivity index (χ4v) is 5.97. The lowest BCUT2D eigenvalue weighted by Crippen LogP contribution is -2.14. The summed E-state index contributed by atoms with van der Waals surface area (Å²) in [6, 6.07) is 50.0. The van der Waals surface area contributed by atoms with E-state index < -0.39 is 0 Å². The summed E-state index contributed by atoms with van der Waals surface area (Å²) in [5.74, 6) is 0. The molecule has 0 N–H and O–H groups in total. The zero-order valence-corrected chi connectivity index (χ0v) is 22.2. The van der Waals surface area contributed by atoms with Gasteiger partial charge in [0, 0.05) is 16.5 Å². The summed E-state index contributed by atoms with van der Waals surface area (Å²) < 4.78 is 0. The molecule has 186 valence electrons. The van der Waals surface area contributed by atoms with Crippen molar-refractivity contribution >= 4 is 0 Å². The number of fused-ring (bicyclic) bond motifs is 3. The van der Waals surface area contributed by atoms with Gasteiger partial charge in [0.25, 0.3) is 0 Å². The van der Waals surface area contributed by atoms with Gasteiger partial charge < -0.3 is 0 Å². The van der Waals surface area contributed by atoms with Crippen LogP contribution < -0.4 is 0 Å². The molecule has 0 radical (unpaired) electrons. The summed E-state index contributed by atoms with van der Waals surface area (Å²) in [5, 5.41) is 0. The zero-order chi connectivity index (χ0) is 26.4. The van der Waals surface area contributed by atoms with Crippen molar-refractivity contribution in [1.82, 2.24) is 4.98 Å². The fourth-order valence-electron chi connectivity index (χ4n) is 5.97. The second-order valence-electron chi connectivity index (χ2n) is 10.9. The Balaban J connectivity index is 1.36. The van der Waals surface area contributed by atoms with Gasteiger partial charge in [0.05, 0.1) is 11.4 Å². The Bertz CT molecular complexity index is 1800. The summed E-state index contributed by atoms with van der Waals surface area (Å²) in [4.78, 5) is 5.13. The molecule has 0 fully saturated rings. The van der Waals surface area contributed by atoms with Gasteiger partial charge in [0.15, 0.2) is 0 Å². The normalized spacial score (nSPS) is 13.1. The number of rotatable bonds is 4. The smallest absolute Gasteiger partial charge is 0.0715 e. The monoisotopic (exact) mass is 499 g/mol. The molecule has 6 aromatic rings. The molecule has 1 aromatic heterocycles. The highest BCUT2D eigenvalue weighted by molar-refractivity contribution is 5.86. The van der Waals surface area contributed by atoms with E-state index in [0.717, 1.165) is 22.5 Å². The lowest BCUT2D eigenvalue weighted by molar-refractivity contribution is 0.660. The van der Waals surface area contributed by atoms with E-state index >= 15 is 0 Å². The molecule has 39 heavy (non-hydrogen) atoms. The molecule has 5 aromatic carbocycles. The topological polar surface area (TPSA) is 12.9 Å². The van der Waals surface area contributed by atoms with Gasteiger partial charge in [0.2, 0.25) is 0 Å². The quantitative estimate of drug-likeness (QED) is 0.235. The van der Waals surface area contributed by atoms with E-state index in [-0.39, 0.29) is 5.41 Å². The molecular formula is C38H29N. The fraction of sp³-hybridized carbons (Fsp3) is 0.0789. The van der Waals surface area contributed by atoms with Crippen LogP contribution in [0.4, 0.5) is 0 Å². The first kappa shape index (κ1) is 23.4. The Morgan fingerprint density at radius 1 is 0.385 bits per heavy atom. The van der Waals surface area contributed by atoms with Crippen molar-refractivity contribution in [3.63, 3.8) is 0 Å². The third-order valence-corrected chi connectivity index (χ3v) is 8.10. The zero-order valence-electron chi connectivity index (χ0n) is 22.2. The summed E-state index contributed by atoms with van der Waals surface area (Å²) in [5.41, 5.74) is 14.5. The number of hydrogen-bond acceptors (Lipinski definition) is 1. The number of hydrogen-bond donors (Lipinski definition) is 0. The maximum Gasteiger partial charge on any atom is 0.0715 e. The molecule has 1 heterocycles. The van der Waals surface area contributed by atoms with E-state index in [1.54, 1.807) is 0 Å². The second-order valence-corrected chi connectivity index (χ2v) is 10.9. The Morgan fingerprint density at radius 3 is 1.56 bits per heavy atom. The Morgan fingerprint density at radius 2 is 0.872 bits per heavy atom. The Kier molecular flexibility index (Phi) is 5.52. The van der Waals surface area contributed by atoms with Crippen LogP contribution in [0.5, 0.6) is 0 Å². The van der Waals surface area contributed by atoms with Crippen molar-refractivity contribution in [3.8, 4) is 55.9 Å². The minimum absolute atomic E-state index is 0.00353. The van der Waals surface area contributed by atoms with Gasteiger partial charge in [-0.05, 0) is 62.7 Å². The third-order valence-electron chi connectivity index (χ3n) is 8.10. The van der Waals surface area contributed by atoms with Gasteiger partial charge in [-0.25, -0.2) is 4.98 Å². The SMILES string of the molecule is CC1(C)c2ccccc2-c2cc(-c3cc(-c4ccccc4)nc(-c4ccc(-c5ccccc5)cc4)c3)ccc21. The largest absolute Gasteiger partial charge is 0.248 e. The first-order valence-corrected chi connectivity index (χ1v) is 13.6. The Hall–Kier alpha value is -4.75. The average molecular weight is 500 g/mol. The molecule has 0 spiro atoms. The molecule has 0 aliphatic heterocycles. The molecule has 0 amide bonds. The van der Waals surface area contributed by atoms with Gasteiger partial charge in [-0.3, -0.25) is 0 Å². The van der Waals surface area contributed by atoms with Crippen LogP contribution in [0.3, 0.4) is 0 Å². The standard InChI is InChI=1S/C38H29N/c1-38(2)34-16-10-9-15-32(34)33-23-30(21-22-35(33)38)31-24-36(28-13-7-4-8-14-28)39-37(25-31)29-19-17-27(18-20-29)26-11-5-3-6-12-26/h3-25H,1-2H3. The number of nitrogens with zero attached hydrogens (tertiary/aromatic N) is 1. The van der Waals surface area contributed by atoms with Gasteiger partial charge >= 0.3 is 0 Å². The average Bonchev–Trinajstić information content (AvgIpc) is 3.24. The second kappa shape index (κ2) is 9.22. The van der Waals surface area contributed by atoms with Crippen LogP contribution in [-0.2, 0) is 5.41 Å². The van der Waals surface area contributed by atoms with E-state index in [0.29, 0.717) is 0 Å². The molecule has 1 aliphatic carbocycles. The van der Waals surface area contributed by atoms with Crippen molar-refractivity contribution in [2.75, 3.05) is 0 Å². The van der Waals surface area contributed by atoms with Crippen LogP contribution in [0.1, 0.15) is 25.0 Å².